The molecule has 20 heavy (non-hydrogen) atoms. The van der Waals surface area contributed by atoms with Crippen LogP contribution in [0.5, 0.6) is 0 Å². The number of nitrogens with two attached hydrogens (primary N) is 1. The van der Waals surface area contributed by atoms with Crippen LogP contribution in [0.1, 0.15) is 5.69 Å². The van der Waals surface area contributed by atoms with E-state index in [0.717, 1.165) is 5.52 Å². The van der Waals surface area contributed by atoms with E-state index >= 15 is 0 Å². The molecule has 3 rings (SSSR count). The summed E-state index contributed by atoms with van der Waals surface area (Å²) in [5.41, 5.74) is 9.32. The SMILES string of the molecule is Nc1ccc2[nH]cc(S(=O)(=O)NCc3cscn3)c2c1. The zero-order valence-electron chi connectivity index (χ0n) is 10.3. The smallest absolute Gasteiger partial charge is 0.243 e. The number of nitrogens with zero attached hydrogens (tertiary/aromatic N) is 1. The highest BCUT2D eigenvalue weighted by molar-refractivity contribution is 7.89. The third-order valence-electron chi connectivity index (χ3n) is 2.88. The van der Waals surface area contributed by atoms with Gasteiger partial charge in [-0.25, -0.2) is 18.1 Å². The second kappa shape index (κ2) is 4.89. The van der Waals surface area contributed by atoms with Crippen LogP contribution < -0.4 is 10.5 Å². The van der Waals surface area contributed by atoms with Gasteiger partial charge in [0.1, 0.15) is 4.90 Å². The Morgan fingerprint density at radius 1 is 1.40 bits per heavy atom. The summed E-state index contributed by atoms with van der Waals surface area (Å²) >= 11 is 1.42. The van der Waals surface area contributed by atoms with Crippen molar-refractivity contribution >= 4 is 38.0 Å². The Morgan fingerprint density at radius 3 is 3.00 bits per heavy atom. The fraction of sp³-hybridized carbons (Fsp3) is 0.0833. The lowest BCUT2D eigenvalue weighted by molar-refractivity contribution is 0.581. The lowest BCUT2D eigenvalue weighted by Crippen LogP contribution is -2.23. The van der Waals surface area contributed by atoms with Gasteiger partial charge in [-0.05, 0) is 18.2 Å². The average molecular weight is 308 g/mol. The predicted molar refractivity (Wildman–Crippen MR) is 78.9 cm³/mol. The molecule has 104 valence electrons. The summed E-state index contributed by atoms with van der Waals surface area (Å²) in [6, 6.07) is 5.12. The largest absolute Gasteiger partial charge is 0.399 e. The van der Waals surface area contributed by atoms with Crippen molar-refractivity contribution in [2.45, 2.75) is 11.4 Å². The summed E-state index contributed by atoms with van der Waals surface area (Å²) in [5, 5.41) is 2.38. The van der Waals surface area contributed by atoms with Crippen LogP contribution in [0.15, 0.2) is 40.2 Å². The van der Waals surface area contributed by atoms with Crippen LogP contribution in [0.3, 0.4) is 0 Å². The number of benzene rings is 1. The van der Waals surface area contributed by atoms with Crippen molar-refractivity contribution in [2.75, 3.05) is 5.73 Å². The first kappa shape index (κ1) is 13.1. The Kier molecular flexibility index (Phi) is 3.20. The van der Waals surface area contributed by atoms with Gasteiger partial charge in [-0.15, -0.1) is 11.3 Å². The maximum absolute atomic E-state index is 12.3. The van der Waals surface area contributed by atoms with Gasteiger partial charge < -0.3 is 10.7 Å². The first-order valence-corrected chi connectivity index (χ1v) is 8.22. The molecule has 0 spiro atoms. The zero-order valence-corrected chi connectivity index (χ0v) is 12.0. The number of hydrogen-bond donors (Lipinski definition) is 3. The van der Waals surface area contributed by atoms with Gasteiger partial charge in [0.25, 0.3) is 0 Å². The quantitative estimate of drug-likeness (QED) is 0.638. The van der Waals surface area contributed by atoms with E-state index in [0.29, 0.717) is 16.8 Å². The van der Waals surface area contributed by atoms with Gasteiger partial charge in [-0.2, -0.15) is 0 Å². The number of fused-ring (bicyclic) bond motifs is 1. The van der Waals surface area contributed by atoms with E-state index in [1.54, 1.807) is 29.1 Å². The Labute approximate surface area is 119 Å². The van der Waals surface area contributed by atoms with Crippen LogP contribution in [0, 0.1) is 0 Å². The van der Waals surface area contributed by atoms with Crippen LogP contribution in [0.2, 0.25) is 0 Å². The number of sulfonamides is 1. The Bertz CT molecular complexity index is 838. The Morgan fingerprint density at radius 2 is 2.25 bits per heavy atom. The maximum atomic E-state index is 12.3. The fourth-order valence-corrected chi connectivity index (χ4v) is 3.63. The van der Waals surface area contributed by atoms with Crippen LogP contribution >= 0.6 is 11.3 Å². The second-order valence-corrected chi connectivity index (χ2v) is 6.72. The normalized spacial score (nSPS) is 12.0. The van der Waals surface area contributed by atoms with Gasteiger partial charge in [0.05, 0.1) is 17.7 Å². The zero-order chi connectivity index (χ0) is 14.2. The number of thiazole rings is 1. The van der Waals surface area contributed by atoms with Gasteiger partial charge in [-0.1, -0.05) is 0 Å². The number of aromatic nitrogens is 2. The first-order valence-electron chi connectivity index (χ1n) is 5.79. The fourth-order valence-electron chi connectivity index (χ4n) is 1.91. The van der Waals surface area contributed by atoms with Gasteiger partial charge >= 0.3 is 0 Å². The lowest BCUT2D eigenvalue weighted by Gasteiger charge is -2.04. The highest BCUT2D eigenvalue weighted by Crippen LogP contribution is 2.24. The van der Waals surface area contributed by atoms with Crippen LogP contribution in [-0.4, -0.2) is 18.4 Å². The van der Waals surface area contributed by atoms with E-state index in [4.69, 9.17) is 5.73 Å². The highest BCUT2D eigenvalue weighted by Gasteiger charge is 2.19. The molecule has 0 saturated heterocycles. The summed E-state index contributed by atoms with van der Waals surface area (Å²) in [6.45, 7) is 0.167. The predicted octanol–water partition coefficient (Wildman–Crippen LogP) is 1.69. The van der Waals surface area contributed by atoms with E-state index in [2.05, 4.69) is 14.7 Å². The molecule has 0 radical (unpaired) electrons. The van der Waals surface area contributed by atoms with E-state index < -0.39 is 10.0 Å². The minimum Gasteiger partial charge on any atom is -0.399 e. The van der Waals surface area contributed by atoms with Gasteiger partial charge in [-0.3, -0.25) is 0 Å². The molecule has 1 aromatic carbocycles. The Balaban J connectivity index is 1.94. The molecule has 0 bridgehead atoms. The second-order valence-electron chi connectivity index (χ2n) is 4.26. The van der Waals surface area contributed by atoms with Crippen molar-refractivity contribution in [3.8, 4) is 0 Å². The van der Waals surface area contributed by atoms with E-state index in [1.807, 2.05) is 0 Å². The third kappa shape index (κ3) is 2.40. The molecular weight excluding hydrogens is 296 g/mol. The van der Waals surface area contributed by atoms with Gasteiger partial charge in [0.15, 0.2) is 0 Å². The van der Waals surface area contributed by atoms with Crippen molar-refractivity contribution in [1.82, 2.24) is 14.7 Å². The molecule has 0 saturated carbocycles. The number of aromatic amines is 1. The van der Waals surface area contributed by atoms with Crippen LogP contribution in [0.4, 0.5) is 5.69 Å². The maximum Gasteiger partial charge on any atom is 0.243 e. The third-order valence-corrected chi connectivity index (χ3v) is 4.96. The molecule has 8 heteroatoms. The summed E-state index contributed by atoms with van der Waals surface area (Å²) in [7, 11) is -3.61. The molecule has 0 aliphatic carbocycles. The lowest BCUT2D eigenvalue weighted by atomic mass is 10.2. The highest BCUT2D eigenvalue weighted by atomic mass is 32.2. The van der Waals surface area contributed by atoms with Crippen molar-refractivity contribution in [1.29, 1.82) is 0 Å². The molecule has 3 aromatic rings. The molecule has 0 aliphatic rings. The van der Waals surface area contributed by atoms with Crippen molar-refractivity contribution in [2.24, 2.45) is 0 Å². The standard InChI is InChI=1S/C12H12N4O2S2/c13-8-1-2-11-10(3-8)12(5-14-11)20(17,18)16-4-9-6-19-7-15-9/h1-3,5-7,14,16H,4,13H2. The number of H-pyrrole nitrogens is 1. The molecule has 0 aliphatic heterocycles. The van der Waals surface area contributed by atoms with Crippen molar-refractivity contribution in [3.63, 3.8) is 0 Å². The molecular formula is C12H12N4O2S2. The van der Waals surface area contributed by atoms with E-state index in [9.17, 15) is 8.42 Å². The topological polar surface area (TPSA) is 101 Å². The van der Waals surface area contributed by atoms with Crippen LogP contribution in [-0.2, 0) is 16.6 Å². The van der Waals surface area contributed by atoms with Gasteiger partial charge in [0, 0.05) is 28.2 Å². The summed E-state index contributed by atoms with van der Waals surface area (Å²) in [4.78, 5) is 7.16. The van der Waals surface area contributed by atoms with Crippen molar-refractivity contribution < 1.29 is 8.42 Å². The molecule has 0 unspecified atom stereocenters. The summed E-state index contributed by atoms with van der Waals surface area (Å²) < 4.78 is 27.2. The summed E-state index contributed by atoms with van der Waals surface area (Å²) in [6.07, 6.45) is 1.47. The number of nitrogen functional groups attached to an aromatic ring is 1. The molecule has 0 fully saturated rings. The summed E-state index contributed by atoms with van der Waals surface area (Å²) in [5.74, 6) is 0. The minimum atomic E-state index is -3.61. The number of anilines is 1. The molecule has 2 aromatic heterocycles. The molecule has 0 atom stereocenters. The first-order chi connectivity index (χ1) is 9.56. The van der Waals surface area contributed by atoms with Gasteiger partial charge in [0.2, 0.25) is 10.0 Å². The number of rotatable bonds is 4. The molecule has 4 N–H and O–H groups in total. The molecule has 0 amide bonds. The Hall–Kier alpha value is -1.90. The number of hydrogen-bond acceptors (Lipinski definition) is 5. The van der Waals surface area contributed by atoms with Crippen molar-refractivity contribution in [3.05, 3.63) is 41.0 Å². The minimum absolute atomic E-state index is 0.167. The molecule has 6 nitrogen and oxygen atoms in total. The van der Waals surface area contributed by atoms with E-state index in [1.165, 1.54) is 17.5 Å². The monoisotopic (exact) mass is 308 g/mol. The van der Waals surface area contributed by atoms with Crippen LogP contribution in [0.25, 0.3) is 10.9 Å². The number of nitrogens with one attached hydrogen (secondary N) is 2. The average Bonchev–Trinajstić information content (AvgIpc) is 3.05. The van der Waals surface area contributed by atoms with E-state index in [-0.39, 0.29) is 11.4 Å². The molecule has 2 heterocycles.